The second kappa shape index (κ2) is 5.82. The molecule has 1 aromatic carbocycles. The third-order valence-corrected chi connectivity index (χ3v) is 1.90. The van der Waals surface area contributed by atoms with E-state index >= 15 is 0 Å². The zero-order valence-corrected chi connectivity index (χ0v) is 8.55. The molecule has 2 N–H and O–H groups in total. The number of aliphatic hydroxyl groups is 1. The average Bonchev–Trinajstić information content (AvgIpc) is 2.26. The summed E-state index contributed by atoms with van der Waals surface area (Å²) in [5.41, 5.74) is 0.317. The first-order chi connectivity index (χ1) is 7.63. The van der Waals surface area contributed by atoms with Gasteiger partial charge in [-0.05, 0) is 12.5 Å². The van der Waals surface area contributed by atoms with E-state index in [0.717, 1.165) is 0 Å². The summed E-state index contributed by atoms with van der Waals surface area (Å²) in [6, 6.07) is 5.71. The van der Waals surface area contributed by atoms with E-state index in [1.807, 2.05) is 0 Å². The largest absolute Gasteiger partial charge is 0.396 e. The zero-order chi connectivity index (χ0) is 12.0. The van der Waals surface area contributed by atoms with Gasteiger partial charge in [-0.1, -0.05) is 6.07 Å². The number of hydrogen-bond acceptors (Lipinski definition) is 4. The van der Waals surface area contributed by atoms with E-state index in [1.165, 1.54) is 18.2 Å². The Morgan fingerprint density at radius 2 is 2.25 bits per heavy atom. The molecule has 16 heavy (non-hydrogen) atoms. The molecule has 0 unspecified atom stereocenters. The van der Waals surface area contributed by atoms with Crippen LogP contribution in [0.1, 0.15) is 12.8 Å². The Balaban J connectivity index is 2.63. The molecule has 6 heteroatoms. The maximum atomic E-state index is 11.3. The fourth-order valence-corrected chi connectivity index (χ4v) is 1.16. The van der Waals surface area contributed by atoms with Crippen molar-refractivity contribution >= 4 is 17.3 Å². The fraction of sp³-hybridized carbons (Fsp3) is 0.300. The molecule has 0 bridgehead atoms. The van der Waals surface area contributed by atoms with Gasteiger partial charge in [0.15, 0.2) is 0 Å². The molecule has 1 rings (SSSR count). The number of rotatable bonds is 5. The van der Waals surface area contributed by atoms with Gasteiger partial charge >= 0.3 is 0 Å². The van der Waals surface area contributed by atoms with Crippen molar-refractivity contribution in [3.8, 4) is 0 Å². The number of carbonyl (C=O) groups is 1. The predicted octanol–water partition coefficient (Wildman–Crippen LogP) is 1.31. The van der Waals surface area contributed by atoms with Crippen LogP contribution in [0.3, 0.4) is 0 Å². The summed E-state index contributed by atoms with van der Waals surface area (Å²) < 4.78 is 0. The third-order valence-electron chi connectivity index (χ3n) is 1.90. The van der Waals surface area contributed by atoms with Gasteiger partial charge in [0.2, 0.25) is 5.91 Å². The molecule has 0 heterocycles. The third kappa shape index (κ3) is 3.66. The number of non-ortho nitro benzene ring substituents is 1. The van der Waals surface area contributed by atoms with Crippen molar-refractivity contribution in [2.45, 2.75) is 12.8 Å². The highest BCUT2D eigenvalue weighted by molar-refractivity contribution is 5.90. The monoisotopic (exact) mass is 224 g/mol. The number of benzene rings is 1. The normalized spacial score (nSPS) is 9.81. The second-order valence-corrected chi connectivity index (χ2v) is 3.18. The summed E-state index contributed by atoms with van der Waals surface area (Å²) in [4.78, 5) is 21.2. The number of anilines is 1. The molecule has 0 atom stereocenters. The molecule has 86 valence electrons. The van der Waals surface area contributed by atoms with E-state index in [2.05, 4.69) is 5.32 Å². The van der Waals surface area contributed by atoms with Crippen LogP contribution in [-0.4, -0.2) is 22.5 Å². The predicted molar refractivity (Wildman–Crippen MR) is 58.0 cm³/mol. The fourth-order valence-electron chi connectivity index (χ4n) is 1.16. The van der Waals surface area contributed by atoms with Gasteiger partial charge in [0.25, 0.3) is 5.69 Å². The maximum absolute atomic E-state index is 11.3. The van der Waals surface area contributed by atoms with E-state index in [0.29, 0.717) is 12.1 Å². The molecule has 0 radical (unpaired) electrons. The molecule has 0 aliphatic carbocycles. The van der Waals surface area contributed by atoms with E-state index in [1.54, 1.807) is 6.07 Å². The van der Waals surface area contributed by atoms with Gasteiger partial charge in [0.1, 0.15) is 0 Å². The number of carbonyl (C=O) groups excluding carboxylic acids is 1. The van der Waals surface area contributed by atoms with E-state index in [-0.39, 0.29) is 24.6 Å². The first kappa shape index (κ1) is 12.1. The van der Waals surface area contributed by atoms with Gasteiger partial charge in [-0.25, -0.2) is 0 Å². The number of hydrogen-bond donors (Lipinski definition) is 2. The van der Waals surface area contributed by atoms with Gasteiger partial charge in [-0.2, -0.15) is 0 Å². The number of nitrogens with one attached hydrogen (secondary N) is 1. The lowest BCUT2D eigenvalue weighted by molar-refractivity contribution is -0.384. The molecule has 0 saturated heterocycles. The Morgan fingerprint density at radius 1 is 1.50 bits per heavy atom. The molecular formula is C10H12N2O4. The Morgan fingerprint density at radius 3 is 2.88 bits per heavy atom. The maximum Gasteiger partial charge on any atom is 0.271 e. The van der Waals surface area contributed by atoms with Crippen LogP contribution in [0.5, 0.6) is 0 Å². The van der Waals surface area contributed by atoms with Crippen molar-refractivity contribution in [3.63, 3.8) is 0 Å². The lowest BCUT2D eigenvalue weighted by atomic mass is 10.2. The Bertz CT molecular complexity index is 392. The summed E-state index contributed by atoms with van der Waals surface area (Å²) in [5, 5.41) is 21.5. The number of nitrogens with zero attached hydrogens (tertiary/aromatic N) is 1. The molecule has 6 nitrogen and oxygen atoms in total. The molecule has 1 amide bonds. The molecule has 0 aromatic heterocycles. The smallest absolute Gasteiger partial charge is 0.271 e. The van der Waals surface area contributed by atoms with Crippen molar-refractivity contribution in [1.82, 2.24) is 0 Å². The van der Waals surface area contributed by atoms with Crippen LogP contribution in [0.25, 0.3) is 0 Å². The molecule has 0 aliphatic heterocycles. The Labute approximate surface area is 92.0 Å². The number of amides is 1. The summed E-state index contributed by atoms with van der Waals surface area (Å²) in [6.45, 7) is -0.0532. The van der Waals surface area contributed by atoms with Gasteiger partial charge in [0, 0.05) is 30.8 Å². The van der Waals surface area contributed by atoms with Crippen LogP contribution in [0.4, 0.5) is 11.4 Å². The summed E-state index contributed by atoms with van der Waals surface area (Å²) in [7, 11) is 0. The van der Waals surface area contributed by atoms with Gasteiger partial charge < -0.3 is 10.4 Å². The summed E-state index contributed by atoms with van der Waals surface area (Å²) in [5.74, 6) is -0.269. The first-order valence-electron chi connectivity index (χ1n) is 4.78. The molecule has 0 fully saturated rings. The van der Waals surface area contributed by atoms with Crippen LogP contribution in [0.15, 0.2) is 24.3 Å². The minimum Gasteiger partial charge on any atom is -0.396 e. The van der Waals surface area contributed by atoms with Crippen LogP contribution >= 0.6 is 0 Å². The van der Waals surface area contributed by atoms with Crippen LogP contribution < -0.4 is 5.32 Å². The van der Waals surface area contributed by atoms with Crippen LogP contribution in [0.2, 0.25) is 0 Å². The molecular weight excluding hydrogens is 212 g/mol. The van der Waals surface area contributed by atoms with E-state index in [9.17, 15) is 14.9 Å². The highest BCUT2D eigenvalue weighted by atomic mass is 16.6. The lowest BCUT2D eigenvalue weighted by Gasteiger charge is -2.03. The second-order valence-electron chi connectivity index (χ2n) is 3.18. The minimum absolute atomic E-state index is 0.0532. The summed E-state index contributed by atoms with van der Waals surface area (Å²) in [6.07, 6.45) is 0.569. The van der Waals surface area contributed by atoms with Crippen LogP contribution in [0, 0.1) is 10.1 Å². The number of aliphatic hydroxyl groups excluding tert-OH is 1. The zero-order valence-electron chi connectivity index (χ0n) is 8.55. The Hall–Kier alpha value is -1.95. The highest BCUT2D eigenvalue weighted by Gasteiger charge is 2.07. The van der Waals surface area contributed by atoms with Crippen molar-refractivity contribution < 1.29 is 14.8 Å². The average molecular weight is 224 g/mol. The highest BCUT2D eigenvalue weighted by Crippen LogP contribution is 2.17. The van der Waals surface area contributed by atoms with Crippen molar-refractivity contribution in [2.75, 3.05) is 11.9 Å². The minimum atomic E-state index is -0.524. The number of nitro groups is 1. The van der Waals surface area contributed by atoms with E-state index in [4.69, 9.17) is 5.11 Å². The lowest BCUT2D eigenvalue weighted by Crippen LogP contribution is -2.11. The van der Waals surface area contributed by atoms with Crippen LogP contribution in [-0.2, 0) is 4.79 Å². The summed E-state index contributed by atoms with van der Waals surface area (Å²) >= 11 is 0. The van der Waals surface area contributed by atoms with Gasteiger partial charge in [-0.3, -0.25) is 14.9 Å². The Kier molecular flexibility index (Phi) is 4.41. The molecule has 0 saturated carbocycles. The topological polar surface area (TPSA) is 92.5 Å². The molecule has 0 aliphatic rings. The molecule has 0 spiro atoms. The van der Waals surface area contributed by atoms with E-state index < -0.39 is 4.92 Å². The quantitative estimate of drug-likeness (QED) is 0.582. The standard InChI is InChI=1S/C10H12N2O4/c13-6-2-5-10(14)11-8-3-1-4-9(7-8)12(15)16/h1,3-4,7,13H,2,5-6H2,(H,11,14). The van der Waals surface area contributed by atoms with Crippen molar-refractivity contribution in [1.29, 1.82) is 0 Å². The SMILES string of the molecule is O=C(CCCO)Nc1cccc([N+](=O)[O-])c1. The van der Waals surface area contributed by atoms with Crippen molar-refractivity contribution in [2.24, 2.45) is 0 Å². The molecule has 1 aromatic rings. The van der Waals surface area contributed by atoms with Gasteiger partial charge in [0.05, 0.1) is 4.92 Å². The first-order valence-corrected chi connectivity index (χ1v) is 4.78. The van der Waals surface area contributed by atoms with Crippen molar-refractivity contribution in [3.05, 3.63) is 34.4 Å². The number of nitro benzene ring substituents is 1. The van der Waals surface area contributed by atoms with Gasteiger partial charge in [-0.15, -0.1) is 0 Å².